The lowest BCUT2D eigenvalue weighted by Crippen LogP contribution is -2.23. The van der Waals surface area contributed by atoms with Crippen molar-refractivity contribution in [2.75, 3.05) is 7.11 Å². The summed E-state index contributed by atoms with van der Waals surface area (Å²) in [5.74, 6) is -1.71. The largest absolute Gasteiger partial charge is 0.481 e. The number of pyridine rings is 1. The van der Waals surface area contributed by atoms with Gasteiger partial charge in [-0.2, -0.15) is 0 Å². The molecule has 6 heteroatoms. The van der Waals surface area contributed by atoms with Crippen molar-refractivity contribution in [2.45, 2.75) is 6.54 Å². The van der Waals surface area contributed by atoms with E-state index in [1.54, 1.807) is 18.3 Å². The van der Waals surface area contributed by atoms with Crippen molar-refractivity contribution in [1.29, 1.82) is 0 Å². The van der Waals surface area contributed by atoms with E-state index in [4.69, 9.17) is 4.74 Å². The van der Waals surface area contributed by atoms with Crippen LogP contribution in [0.25, 0.3) is 0 Å². The first kappa shape index (κ1) is 13.9. The molecule has 20 heavy (non-hydrogen) atoms. The third-order valence-corrected chi connectivity index (χ3v) is 2.59. The summed E-state index contributed by atoms with van der Waals surface area (Å²) >= 11 is 0. The lowest BCUT2D eigenvalue weighted by molar-refractivity contribution is 0.0950. The molecule has 0 aliphatic rings. The van der Waals surface area contributed by atoms with Crippen LogP contribution in [-0.4, -0.2) is 18.0 Å². The topological polar surface area (TPSA) is 51.2 Å². The molecule has 0 spiro atoms. The Hall–Kier alpha value is -2.50. The summed E-state index contributed by atoms with van der Waals surface area (Å²) < 4.78 is 31.0. The summed E-state index contributed by atoms with van der Waals surface area (Å²) in [6, 6.07) is 6.03. The molecule has 2 rings (SSSR count). The molecule has 104 valence electrons. The van der Waals surface area contributed by atoms with Gasteiger partial charge in [-0.15, -0.1) is 0 Å². The minimum atomic E-state index is -0.791. The fraction of sp³-hybridized carbons (Fsp3) is 0.143. The molecule has 1 aromatic heterocycles. The molecule has 4 nitrogen and oxygen atoms in total. The predicted molar refractivity (Wildman–Crippen MR) is 68.3 cm³/mol. The zero-order valence-corrected chi connectivity index (χ0v) is 10.7. The highest BCUT2D eigenvalue weighted by atomic mass is 19.1. The van der Waals surface area contributed by atoms with Crippen LogP contribution in [0, 0.1) is 11.6 Å². The summed E-state index contributed by atoms with van der Waals surface area (Å²) in [7, 11) is 1.49. The highest BCUT2D eigenvalue weighted by Crippen LogP contribution is 2.10. The van der Waals surface area contributed by atoms with Gasteiger partial charge in [-0.25, -0.2) is 13.8 Å². The molecular weight excluding hydrogens is 266 g/mol. The van der Waals surface area contributed by atoms with E-state index < -0.39 is 17.5 Å². The van der Waals surface area contributed by atoms with Gasteiger partial charge in [0.25, 0.3) is 5.91 Å². The Balaban J connectivity index is 2.04. The number of halogens is 2. The Labute approximate surface area is 114 Å². The van der Waals surface area contributed by atoms with Gasteiger partial charge >= 0.3 is 0 Å². The van der Waals surface area contributed by atoms with Gasteiger partial charge in [0.05, 0.1) is 7.11 Å². The quantitative estimate of drug-likeness (QED) is 0.933. The molecule has 0 fully saturated rings. The molecule has 1 amide bonds. The average molecular weight is 278 g/mol. The standard InChI is InChI=1S/C14H12F2N2O2/c1-20-13-4-9(2-3-17-13)8-18-14(19)10-5-11(15)7-12(16)6-10/h2-7H,8H2,1H3,(H,18,19). The van der Waals surface area contributed by atoms with Gasteiger partial charge in [-0.1, -0.05) is 0 Å². The van der Waals surface area contributed by atoms with E-state index in [-0.39, 0.29) is 12.1 Å². The van der Waals surface area contributed by atoms with Gasteiger partial charge in [-0.3, -0.25) is 4.79 Å². The lowest BCUT2D eigenvalue weighted by Gasteiger charge is -2.07. The average Bonchev–Trinajstić information content (AvgIpc) is 2.44. The molecule has 1 N–H and O–H groups in total. The summed E-state index contributed by atoms with van der Waals surface area (Å²) in [5.41, 5.74) is 0.700. The van der Waals surface area contributed by atoms with Crippen LogP contribution < -0.4 is 10.1 Å². The molecule has 0 bridgehead atoms. The third-order valence-electron chi connectivity index (χ3n) is 2.59. The Bertz CT molecular complexity index is 612. The minimum absolute atomic E-state index is 0.0662. The zero-order valence-electron chi connectivity index (χ0n) is 10.7. The van der Waals surface area contributed by atoms with Crippen LogP contribution in [0.4, 0.5) is 8.78 Å². The van der Waals surface area contributed by atoms with Crippen LogP contribution >= 0.6 is 0 Å². The van der Waals surface area contributed by atoms with E-state index in [1.807, 2.05) is 0 Å². The maximum atomic E-state index is 13.0. The number of nitrogens with one attached hydrogen (secondary N) is 1. The van der Waals surface area contributed by atoms with Gasteiger partial charge in [0.15, 0.2) is 0 Å². The van der Waals surface area contributed by atoms with E-state index in [0.717, 1.165) is 17.7 Å². The number of carbonyl (C=O) groups is 1. The molecule has 0 aliphatic heterocycles. The number of hydrogen-bond donors (Lipinski definition) is 1. The second-order valence-corrected chi connectivity index (χ2v) is 4.05. The number of carbonyl (C=O) groups excluding carboxylic acids is 1. The van der Waals surface area contributed by atoms with E-state index >= 15 is 0 Å². The number of benzene rings is 1. The summed E-state index contributed by atoms with van der Waals surface area (Å²) in [5, 5.41) is 2.57. The Morgan fingerprint density at radius 1 is 1.25 bits per heavy atom. The fourth-order valence-electron chi connectivity index (χ4n) is 1.64. The number of amides is 1. The molecular formula is C14H12F2N2O2. The Morgan fingerprint density at radius 3 is 2.60 bits per heavy atom. The van der Waals surface area contributed by atoms with Crippen molar-refractivity contribution in [3.63, 3.8) is 0 Å². The van der Waals surface area contributed by atoms with Crippen molar-refractivity contribution in [1.82, 2.24) is 10.3 Å². The van der Waals surface area contributed by atoms with Crippen LogP contribution in [0.2, 0.25) is 0 Å². The number of ether oxygens (including phenoxy) is 1. The van der Waals surface area contributed by atoms with Gasteiger partial charge in [-0.05, 0) is 23.8 Å². The second-order valence-electron chi connectivity index (χ2n) is 4.05. The third kappa shape index (κ3) is 3.50. The van der Waals surface area contributed by atoms with Crippen LogP contribution in [0.3, 0.4) is 0 Å². The maximum Gasteiger partial charge on any atom is 0.251 e. The number of methoxy groups -OCH3 is 1. The van der Waals surface area contributed by atoms with Crippen molar-refractivity contribution in [3.8, 4) is 5.88 Å². The van der Waals surface area contributed by atoms with Crippen LogP contribution in [0.1, 0.15) is 15.9 Å². The van der Waals surface area contributed by atoms with Gasteiger partial charge in [0, 0.05) is 30.4 Å². The fourth-order valence-corrected chi connectivity index (χ4v) is 1.64. The van der Waals surface area contributed by atoms with E-state index in [0.29, 0.717) is 11.9 Å². The molecule has 0 saturated heterocycles. The Kier molecular flexibility index (Phi) is 4.24. The molecule has 0 radical (unpaired) electrons. The number of aromatic nitrogens is 1. The molecule has 1 heterocycles. The first-order valence-electron chi connectivity index (χ1n) is 5.81. The van der Waals surface area contributed by atoms with Crippen LogP contribution in [-0.2, 0) is 6.54 Å². The van der Waals surface area contributed by atoms with Gasteiger partial charge < -0.3 is 10.1 Å². The summed E-state index contributed by atoms with van der Waals surface area (Å²) in [6.45, 7) is 0.204. The molecule has 0 atom stereocenters. The highest BCUT2D eigenvalue weighted by Gasteiger charge is 2.09. The monoisotopic (exact) mass is 278 g/mol. The SMILES string of the molecule is COc1cc(CNC(=O)c2cc(F)cc(F)c2)ccn1. The van der Waals surface area contributed by atoms with Crippen molar-refractivity contribution >= 4 is 5.91 Å². The van der Waals surface area contributed by atoms with Gasteiger partial charge in [0.2, 0.25) is 5.88 Å². The van der Waals surface area contributed by atoms with E-state index in [1.165, 1.54) is 7.11 Å². The number of nitrogens with zero attached hydrogens (tertiary/aromatic N) is 1. The predicted octanol–water partition coefficient (Wildman–Crippen LogP) is 2.30. The van der Waals surface area contributed by atoms with Crippen LogP contribution in [0.15, 0.2) is 36.5 Å². The summed E-state index contributed by atoms with van der Waals surface area (Å²) in [4.78, 5) is 15.7. The van der Waals surface area contributed by atoms with Crippen LogP contribution in [0.5, 0.6) is 5.88 Å². The van der Waals surface area contributed by atoms with Gasteiger partial charge in [0.1, 0.15) is 11.6 Å². The second kappa shape index (κ2) is 6.10. The minimum Gasteiger partial charge on any atom is -0.481 e. The lowest BCUT2D eigenvalue weighted by atomic mass is 10.2. The molecule has 0 unspecified atom stereocenters. The maximum absolute atomic E-state index is 13.0. The molecule has 0 saturated carbocycles. The van der Waals surface area contributed by atoms with Crippen molar-refractivity contribution in [2.24, 2.45) is 0 Å². The smallest absolute Gasteiger partial charge is 0.251 e. The number of rotatable bonds is 4. The number of hydrogen-bond acceptors (Lipinski definition) is 3. The Morgan fingerprint density at radius 2 is 1.95 bits per heavy atom. The molecule has 1 aromatic carbocycles. The van der Waals surface area contributed by atoms with E-state index in [2.05, 4.69) is 10.3 Å². The van der Waals surface area contributed by atoms with Crippen molar-refractivity contribution < 1.29 is 18.3 Å². The highest BCUT2D eigenvalue weighted by molar-refractivity contribution is 5.94. The first-order valence-corrected chi connectivity index (χ1v) is 5.81. The van der Waals surface area contributed by atoms with E-state index in [9.17, 15) is 13.6 Å². The molecule has 2 aromatic rings. The molecule has 0 aliphatic carbocycles. The normalized spacial score (nSPS) is 10.2. The zero-order chi connectivity index (χ0) is 14.5. The van der Waals surface area contributed by atoms with Crippen molar-refractivity contribution in [3.05, 3.63) is 59.3 Å². The first-order chi connectivity index (χ1) is 9.58. The summed E-state index contributed by atoms with van der Waals surface area (Å²) in [6.07, 6.45) is 1.54.